The second-order valence-electron chi connectivity index (χ2n) is 3.52. The Morgan fingerprint density at radius 3 is 2.72 bits per heavy atom. The maximum absolute atomic E-state index is 10.9. The molecule has 18 heavy (non-hydrogen) atoms. The van der Waals surface area contributed by atoms with Crippen LogP contribution in [0.3, 0.4) is 0 Å². The molecule has 1 aromatic carbocycles. The fourth-order valence-electron chi connectivity index (χ4n) is 1.42. The lowest BCUT2D eigenvalue weighted by Crippen LogP contribution is -2.03. The van der Waals surface area contributed by atoms with E-state index in [1.807, 2.05) is 0 Å². The van der Waals surface area contributed by atoms with Crippen molar-refractivity contribution >= 4 is 27.3 Å². The Hall–Kier alpha value is -2.02. The van der Waals surface area contributed by atoms with Crippen molar-refractivity contribution in [2.45, 2.75) is 6.54 Å². The third-order valence-corrected chi connectivity index (χ3v) is 2.75. The smallest absolute Gasteiger partial charge is 0.293 e. The molecule has 6 nitrogen and oxygen atoms in total. The number of halogens is 1. The summed E-state index contributed by atoms with van der Waals surface area (Å²) >= 11 is 3.21. The van der Waals surface area contributed by atoms with E-state index in [9.17, 15) is 10.1 Å². The van der Waals surface area contributed by atoms with E-state index in [4.69, 9.17) is 0 Å². The molecule has 0 saturated carbocycles. The fraction of sp³-hybridized carbons (Fsp3) is 0.0909. The maximum atomic E-state index is 10.9. The molecule has 2 aromatic rings. The van der Waals surface area contributed by atoms with Gasteiger partial charge in [-0.2, -0.15) is 0 Å². The molecule has 0 spiro atoms. The van der Waals surface area contributed by atoms with Gasteiger partial charge in [-0.25, -0.2) is 9.97 Å². The molecule has 1 heterocycles. The molecular weight excluding hydrogens is 300 g/mol. The Labute approximate surface area is 111 Å². The molecule has 7 heteroatoms. The molecule has 0 atom stereocenters. The maximum Gasteiger partial charge on any atom is 0.293 e. The van der Waals surface area contributed by atoms with Gasteiger partial charge in [0.2, 0.25) is 0 Å². The van der Waals surface area contributed by atoms with E-state index in [1.54, 1.807) is 24.5 Å². The average Bonchev–Trinajstić information content (AvgIpc) is 2.38. The lowest BCUT2D eigenvalue weighted by molar-refractivity contribution is -0.384. The number of rotatable bonds is 4. The Bertz CT molecular complexity index is 562. The largest absolute Gasteiger partial charge is 0.375 e. The number of aromatic nitrogens is 2. The Balaban J connectivity index is 2.17. The number of anilines is 1. The molecule has 92 valence electrons. The first-order valence-corrected chi connectivity index (χ1v) is 5.88. The number of benzene rings is 1. The second kappa shape index (κ2) is 5.54. The van der Waals surface area contributed by atoms with Crippen LogP contribution < -0.4 is 5.32 Å². The molecule has 1 N–H and O–H groups in total. The van der Waals surface area contributed by atoms with E-state index in [2.05, 4.69) is 31.2 Å². The molecule has 0 radical (unpaired) electrons. The van der Waals surface area contributed by atoms with Crippen LogP contribution in [-0.2, 0) is 6.54 Å². The minimum atomic E-state index is -0.422. The Morgan fingerprint density at radius 2 is 2.06 bits per heavy atom. The van der Waals surface area contributed by atoms with Crippen LogP contribution in [0.15, 0.2) is 41.4 Å². The van der Waals surface area contributed by atoms with Gasteiger partial charge in [0.05, 0.1) is 4.92 Å². The first-order valence-electron chi connectivity index (χ1n) is 5.08. The summed E-state index contributed by atoms with van der Waals surface area (Å²) in [6.45, 7) is 0.434. The SMILES string of the molecule is O=[N+]([O-])c1cc(Br)ccc1NCc1cncnc1. The van der Waals surface area contributed by atoms with E-state index >= 15 is 0 Å². The minimum Gasteiger partial charge on any atom is -0.375 e. The highest BCUT2D eigenvalue weighted by Gasteiger charge is 2.13. The van der Waals surface area contributed by atoms with Crippen molar-refractivity contribution in [2.24, 2.45) is 0 Å². The highest BCUT2D eigenvalue weighted by atomic mass is 79.9. The van der Waals surface area contributed by atoms with Crippen LogP contribution in [-0.4, -0.2) is 14.9 Å². The quantitative estimate of drug-likeness (QED) is 0.694. The summed E-state index contributed by atoms with van der Waals surface area (Å²) in [5.41, 5.74) is 1.35. The number of nitrogens with zero attached hydrogens (tertiary/aromatic N) is 3. The van der Waals surface area contributed by atoms with Gasteiger partial charge in [-0.15, -0.1) is 0 Å². The minimum absolute atomic E-state index is 0.0289. The van der Waals surface area contributed by atoms with Crippen LogP contribution in [0.2, 0.25) is 0 Å². The molecule has 1 aromatic heterocycles. The topological polar surface area (TPSA) is 81.0 Å². The third kappa shape index (κ3) is 3.01. The van der Waals surface area contributed by atoms with Gasteiger partial charge < -0.3 is 5.32 Å². The fourth-order valence-corrected chi connectivity index (χ4v) is 1.77. The zero-order chi connectivity index (χ0) is 13.0. The molecule has 2 rings (SSSR count). The summed E-state index contributed by atoms with van der Waals surface area (Å²) in [5.74, 6) is 0. The van der Waals surface area contributed by atoms with E-state index in [1.165, 1.54) is 12.4 Å². The van der Waals surface area contributed by atoms with Gasteiger partial charge in [0.25, 0.3) is 5.69 Å². The molecule has 0 bridgehead atoms. The average molecular weight is 309 g/mol. The second-order valence-corrected chi connectivity index (χ2v) is 4.43. The number of hydrogen-bond donors (Lipinski definition) is 1. The van der Waals surface area contributed by atoms with E-state index < -0.39 is 4.92 Å². The summed E-state index contributed by atoms with van der Waals surface area (Å²) in [4.78, 5) is 18.2. The zero-order valence-corrected chi connectivity index (χ0v) is 10.8. The summed E-state index contributed by atoms with van der Waals surface area (Å²) in [6.07, 6.45) is 4.75. The van der Waals surface area contributed by atoms with Gasteiger partial charge in [0.15, 0.2) is 0 Å². The van der Waals surface area contributed by atoms with Crippen LogP contribution in [0, 0.1) is 10.1 Å². The molecule has 0 aliphatic heterocycles. The van der Waals surface area contributed by atoms with Crippen molar-refractivity contribution in [3.63, 3.8) is 0 Å². The molecular formula is C11H9BrN4O2. The van der Waals surface area contributed by atoms with Gasteiger partial charge in [-0.3, -0.25) is 10.1 Å². The van der Waals surface area contributed by atoms with Crippen molar-refractivity contribution in [1.29, 1.82) is 0 Å². The van der Waals surface area contributed by atoms with Crippen molar-refractivity contribution < 1.29 is 4.92 Å². The predicted molar refractivity (Wildman–Crippen MR) is 70.2 cm³/mol. The Morgan fingerprint density at radius 1 is 1.33 bits per heavy atom. The van der Waals surface area contributed by atoms with Crippen LogP contribution in [0.1, 0.15) is 5.56 Å². The predicted octanol–water partition coefficient (Wildman–Crippen LogP) is 2.76. The highest BCUT2D eigenvalue weighted by molar-refractivity contribution is 9.10. The van der Waals surface area contributed by atoms with Crippen LogP contribution in [0.25, 0.3) is 0 Å². The first-order chi connectivity index (χ1) is 8.66. The van der Waals surface area contributed by atoms with Crippen molar-refractivity contribution in [1.82, 2.24) is 9.97 Å². The van der Waals surface area contributed by atoms with E-state index in [0.29, 0.717) is 16.7 Å². The lowest BCUT2D eigenvalue weighted by atomic mass is 10.2. The first kappa shape index (κ1) is 12.4. The van der Waals surface area contributed by atoms with Gasteiger partial charge >= 0.3 is 0 Å². The number of nitro benzene ring substituents is 1. The molecule has 0 unspecified atom stereocenters. The van der Waals surface area contributed by atoms with Crippen LogP contribution in [0.4, 0.5) is 11.4 Å². The molecule has 0 aliphatic carbocycles. The van der Waals surface area contributed by atoms with Gasteiger partial charge in [0, 0.05) is 35.0 Å². The van der Waals surface area contributed by atoms with Gasteiger partial charge in [-0.05, 0) is 12.1 Å². The summed E-state index contributed by atoms with van der Waals surface area (Å²) in [6, 6.07) is 4.87. The van der Waals surface area contributed by atoms with Gasteiger partial charge in [-0.1, -0.05) is 15.9 Å². The number of hydrogen-bond acceptors (Lipinski definition) is 5. The van der Waals surface area contributed by atoms with Crippen molar-refractivity contribution in [3.05, 3.63) is 57.1 Å². The Kier molecular flexibility index (Phi) is 3.83. The molecule has 0 saturated heterocycles. The highest BCUT2D eigenvalue weighted by Crippen LogP contribution is 2.28. The summed E-state index contributed by atoms with van der Waals surface area (Å²) < 4.78 is 0.669. The van der Waals surface area contributed by atoms with E-state index in [0.717, 1.165) is 5.56 Å². The van der Waals surface area contributed by atoms with E-state index in [-0.39, 0.29) is 5.69 Å². The van der Waals surface area contributed by atoms with Crippen LogP contribution in [0.5, 0.6) is 0 Å². The summed E-state index contributed by atoms with van der Waals surface area (Å²) in [5, 5.41) is 13.9. The lowest BCUT2D eigenvalue weighted by Gasteiger charge is -2.06. The number of nitrogens with one attached hydrogen (secondary N) is 1. The molecule has 0 fully saturated rings. The third-order valence-electron chi connectivity index (χ3n) is 2.25. The molecule has 0 aliphatic rings. The van der Waals surface area contributed by atoms with Crippen molar-refractivity contribution in [3.8, 4) is 0 Å². The number of nitro groups is 1. The zero-order valence-electron chi connectivity index (χ0n) is 9.21. The summed E-state index contributed by atoms with van der Waals surface area (Å²) in [7, 11) is 0. The van der Waals surface area contributed by atoms with Crippen LogP contribution >= 0.6 is 15.9 Å². The van der Waals surface area contributed by atoms with Gasteiger partial charge in [0.1, 0.15) is 12.0 Å². The molecule has 0 amide bonds. The standard InChI is InChI=1S/C11H9BrN4O2/c12-9-1-2-10(11(3-9)16(17)18)15-6-8-4-13-7-14-5-8/h1-5,7,15H,6H2. The monoisotopic (exact) mass is 308 g/mol. The van der Waals surface area contributed by atoms with Crippen molar-refractivity contribution in [2.75, 3.05) is 5.32 Å². The normalized spacial score (nSPS) is 10.1.